The van der Waals surface area contributed by atoms with Crippen LogP contribution in [0.2, 0.25) is 0 Å². The molecule has 2 saturated heterocycles. The molecule has 22 heavy (non-hydrogen) atoms. The summed E-state index contributed by atoms with van der Waals surface area (Å²) in [6, 6.07) is 0.446. The van der Waals surface area contributed by atoms with E-state index in [-0.39, 0.29) is 18.1 Å². The molecule has 0 aliphatic carbocycles. The fraction of sp³-hybridized carbons (Fsp3) is 0.786. The minimum Gasteiger partial charge on any atom is -0.338 e. The van der Waals surface area contributed by atoms with Gasteiger partial charge in [-0.2, -0.15) is 16.9 Å². The molecule has 0 N–H and O–H groups in total. The number of aromatic nitrogens is 3. The van der Waals surface area contributed by atoms with Crippen molar-refractivity contribution in [2.75, 3.05) is 32.4 Å². The first-order chi connectivity index (χ1) is 10.6. The van der Waals surface area contributed by atoms with Crippen LogP contribution in [0.3, 0.4) is 0 Å². The predicted octanol–water partition coefficient (Wildman–Crippen LogP) is -0.380. The molecule has 0 unspecified atom stereocenters. The van der Waals surface area contributed by atoms with Gasteiger partial charge in [0.25, 0.3) is 0 Å². The van der Waals surface area contributed by atoms with Gasteiger partial charge < -0.3 is 4.90 Å². The van der Waals surface area contributed by atoms with E-state index in [4.69, 9.17) is 0 Å². The molecule has 1 aromatic heterocycles. The molecule has 3 rings (SSSR count). The largest absolute Gasteiger partial charge is 0.345 e. The van der Waals surface area contributed by atoms with Gasteiger partial charge in [0.1, 0.15) is 12.9 Å². The maximum Gasteiger partial charge on any atom is 0.345 e. The lowest BCUT2D eigenvalue weighted by atomic mass is 10.2. The van der Waals surface area contributed by atoms with E-state index < -0.39 is 0 Å². The molecule has 0 spiro atoms. The second-order valence-electron chi connectivity index (χ2n) is 6.07. The molecule has 7 nitrogen and oxygen atoms in total. The van der Waals surface area contributed by atoms with Gasteiger partial charge in [0, 0.05) is 31.4 Å². The summed E-state index contributed by atoms with van der Waals surface area (Å²) in [5.74, 6) is -0.0125. The molecule has 1 aromatic rings. The number of thioether (sulfide) groups is 1. The zero-order chi connectivity index (χ0) is 15.7. The number of carbonyl (C=O) groups excluding carboxylic acids is 1. The Kier molecular flexibility index (Phi) is 4.58. The van der Waals surface area contributed by atoms with Crippen molar-refractivity contribution in [3.8, 4) is 0 Å². The van der Waals surface area contributed by atoms with Gasteiger partial charge in [-0.1, -0.05) is 0 Å². The van der Waals surface area contributed by atoms with E-state index in [1.807, 2.05) is 16.7 Å². The molecule has 0 aromatic carbocycles. The molecule has 3 heterocycles. The lowest BCUT2D eigenvalue weighted by Crippen LogP contribution is -2.41. The van der Waals surface area contributed by atoms with Crippen molar-refractivity contribution in [3.05, 3.63) is 16.8 Å². The molecule has 122 valence electrons. The number of nitrogens with zero attached hydrogens (tertiary/aromatic N) is 5. The van der Waals surface area contributed by atoms with Crippen LogP contribution >= 0.6 is 11.8 Å². The van der Waals surface area contributed by atoms with Crippen LogP contribution in [0.4, 0.5) is 0 Å². The van der Waals surface area contributed by atoms with Crippen molar-refractivity contribution in [3.63, 3.8) is 0 Å². The molecule has 2 fully saturated rings. The lowest BCUT2D eigenvalue weighted by Gasteiger charge is -2.26. The number of rotatable bonds is 4. The number of aryl methyl sites for hydroxylation is 1. The van der Waals surface area contributed by atoms with Crippen molar-refractivity contribution in [1.82, 2.24) is 24.1 Å². The molecule has 8 heteroatoms. The highest BCUT2D eigenvalue weighted by Gasteiger charge is 2.39. The van der Waals surface area contributed by atoms with E-state index in [1.165, 1.54) is 28.4 Å². The van der Waals surface area contributed by atoms with Crippen molar-refractivity contribution >= 4 is 17.7 Å². The van der Waals surface area contributed by atoms with Crippen LogP contribution in [0.1, 0.15) is 12.8 Å². The predicted molar refractivity (Wildman–Crippen MR) is 85.9 cm³/mol. The van der Waals surface area contributed by atoms with E-state index in [1.54, 1.807) is 7.05 Å². The van der Waals surface area contributed by atoms with Crippen LogP contribution in [0, 0.1) is 0 Å². The number of amides is 1. The second kappa shape index (κ2) is 6.45. The Morgan fingerprint density at radius 2 is 2.09 bits per heavy atom. The van der Waals surface area contributed by atoms with Gasteiger partial charge in [-0.15, -0.1) is 0 Å². The Labute approximate surface area is 134 Å². The summed E-state index contributed by atoms with van der Waals surface area (Å²) in [5, 5.41) is 4.43. The fourth-order valence-corrected chi connectivity index (χ4v) is 4.27. The van der Waals surface area contributed by atoms with E-state index in [9.17, 15) is 9.59 Å². The highest BCUT2D eigenvalue weighted by molar-refractivity contribution is 7.99. The minimum atomic E-state index is -0.245. The van der Waals surface area contributed by atoms with Crippen LogP contribution in [0.5, 0.6) is 0 Å². The van der Waals surface area contributed by atoms with Crippen molar-refractivity contribution in [2.45, 2.75) is 30.7 Å². The van der Waals surface area contributed by atoms with Crippen LogP contribution < -0.4 is 5.69 Å². The molecule has 1 amide bonds. The summed E-state index contributed by atoms with van der Waals surface area (Å²) < 4.78 is 2.62. The maximum atomic E-state index is 12.5. The molecule has 2 aliphatic heterocycles. The van der Waals surface area contributed by atoms with Gasteiger partial charge in [0.15, 0.2) is 0 Å². The van der Waals surface area contributed by atoms with Crippen molar-refractivity contribution in [1.29, 1.82) is 0 Å². The summed E-state index contributed by atoms with van der Waals surface area (Å²) in [5.41, 5.74) is -0.245. The zero-order valence-electron chi connectivity index (χ0n) is 13.1. The summed E-state index contributed by atoms with van der Waals surface area (Å²) in [4.78, 5) is 28.7. The van der Waals surface area contributed by atoms with Crippen molar-refractivity contribution in [2.24, 2.45) is 7.05 Å². The van der Waals surface area contributed by atoms with E-state index in [2.05, 4.69) is 16.3 Å². The first kappa shape index (κ1) is 15.6. The number of likely N-dealkylation sites (tertiary alicyclic amines) is 2. The lowest BCUT2D eigenvalue weighted by molar-refractivity contribution is -0.131. The maximum absolute atomic E-state index is 12.5. The SMILES string of the molecule is CS[C@H]1CN(C(=O)Cn2ncn(C)c2=O)C[C@H]1N1CCCC1. The molecule has 0 saturated carbocycles. The molecule has 0 radical (unpaired) electrons. The topological polar surface area (TPSA) is 63.4 Å². The third-order valence-corrected chi connectivity index (χ3v) is 5.74. The number of carbonyl (C=O) groups is 1. The molecule has 0 bridgehead atoms. The number of hydrogen-bond donors (Lipinski definition) is 0. The minimum absolute atomic E-state index is 0.0125. The molecular weight excluding hydrogens is 302 g/mol. The van der Waals surface area contributed by atoms with Crippen LogP contribution in [0.25, 0.3) is 0 Å². The average Bonchev–Trinajstić information content (AvgIpc) is 3.22. The molecular formula is C14H23N5O2S. The van der Waals surface area contributed by atoms with Gasteiger partial charge in [-0.3, -0.25) is 14.3 Å². The summed E-state index contributed by atoms with van der Waals surface area (Å²) in [6.45, 7) is 3.86. The van der Waals surface area contributed by atoms with Crippen LogP contribution in [0.15, 0.2) is 11.1 Å². The third kappa shape index (κ3) is 2.94. The first-order valence-electron chi connectivity index (χ1n) is 7.73. The Morgan fingerprint density at radius 1 is 1.36 bits per heavy atom. The van der Waals surface area contributed by atoms with Gasteiger partial charge in [0.05, 0.1) is 0 Å². The van der Waals surface area contributed by atoms with Gasteiger partial charge in [-0.25, -0.2) is 9.48 Å². The Bertz CT molecular complexity index is 592. The Morgan fingerprint density at radius 3 is 2.68 bits per heavy atom. The second-order valence-corrected chi connectivity index (χ2v) is 7.14. The van der Waals surface area contributed by atoms with Crippen LogP contribution in [-0.4, -0.2) is 73.8 Å². The number of hydrogen-bond acceptors (Lipinski definition) is 5. The van der Waals surface area contributed by atoms with Gasteiger partial charge in [-0.05, 0) is 32.2 Å². The van der Waals surface area contributed by atoms with Gasteiger partial charge in [0.2, 0.25) is 5.91 Å². The van der Waals surface area contributed by atoms with E-state index in [0.29, 0.717) is 11.3 Å². The molecule has 2 aliphatic rings. The monoisotopic (exact) mass is 325 g/mol. The smallest absolute Gasteiger partial charge is 0.338 e. The first-order valence-corrected chi connectivity index (χ1v) is 9.02. The summed E-state index contributed by atoms with van der Waals surface area (Å²) in [7, 11) is 1.64. The quantitative estimate of drug-likeness (QED) is 0.755. The summed E-state index contributed by atoms with van der Waals surface area (Å²) in [6.07, 6.45) is 6.08. The van der Waals surface area contributed by atoms with E-state index >= 15 is 0 Å². The Hall–Kier alpha value is -1.28. The van der Waals surface area contributed by atoms with E-state index in [0.717, 1.165) is 26.2 Å². The highest BCUT2D eigenvalue weighted by atomic mass is 32.2. The standard InChI is InChI=1S/C14H23N5O2S/c1-16-10-15-19(14(16)21)9-13(20)18-7-11(12(8-18)22-2)17-5-3-4-6-17/h10-12H,3-9H2,1-2H3/t11-,12+/m1/s1. The average molecular weight is 325 g/mol. The third-order valence-electron chi connectivity index (χ3n) is 4.67. The Balaban J connectivity index is 1.66. The summed E-state index contributed by atoms with van der Waals surface area (Å²) >= 11 is 1.84. The normalized spacial score (nSPS) is 26.0. The fourth-order valence-electron chi connectivity index (χ4n) is 3.37. The molecule has 2 atom stereocenters. The van der Waals surface area contributed by atoms with Gasteiger partial charge >= 0.3 is 5.69 Å². The highest BCUT2D eigenvalue weighted by Crippen LogP contribution is 2.27. The zero-order valence-corrected chi connectivity index (χ0v) is 14.0. The van der Waals surface area contributed by atoms with Crippen molar-refractivity contribution < 1.29 is 4.79 Å². The van der Waals surface area contributed by atoms with Crippen LogP contribution in [-0.2, 0) is 18.4 Å².